The van der Waals surface area contributed by atoms with E-state index in [9.17, 15) is 9.59 Å². The Hall–Kier alpha value is -1.10. The van der Waals surface area contributed by atoms with Gasteiger partial charge >= 0.3 is 0 Å². The number of hydrogen-bond donors (Lipinski definition) is 2. The van der Waals surface area contributed by atoms with Crippen molar-refractivity contribution in [3.63, 3.8) is 0 Å². The molecule has 0 aromatic heterocycles. The van der Waals surface area contributed by atoms with Crippen LogP contribution < -0.4 is 10.6 Å². The largest absolute Gasteiger partial charge is 0.355 e. The van der Waals surface area contributed by atoms with E-state index in [4.69, 9.17) is 0 Å². The van der Waals surface area contributed by atoms with Gasteiger partial charge in [-0.3, -0.25) is 9.59 Å². The minimum Gasteiger partial charge on any atom is -0.355 e. The van der Waals surface area contributed by atoms with Gasteiger partial charge in [-0.05, 0) is 20.4 Å². The molecule has 0 fully saturated rings. The minimum absolute atomic E-state index is 0.0365. The van der Waals surface area contributed by atoms with Gasteiger partial charge in [0.15, 0.2) is 0 Å². The maximum Gasteiger partial charge on any atom is 0.239 e. The molecule has 5 nitrogen and oxygen atoms in total. The predicted octanol–water partition coefficient (Wildman–Crippen LogP) is -0.419. The third-order valence-corrected chi connectivity index (χ3v) is 1.97. The summed E-state index contributed by atoms with van der Waals surface area (Å²) in [5, 5.41) is 5.61. The summed E-state index contributed by atoms with van der Waals surface area (Å²) in [5.74, 6) is -0.144. The van der Waals surface area contributed by atoms with E-state index in [1.807, 2.05) is 20.8 Å². The maximum absolute atomic E-state index is 11.6. The first-order valence-electron chi connectivity index (χ1n) is 5.40. The molecule has 88 valence electrons. The van der Waals surface area contributed by atoms with Crippen molar-refractivity contribution in [2.24, 2.45) is 0 Å². The first kappa shape index (κ1) is 13.9. The lowest BCUT2D eigenvalue weighted by Crippen LogP contribution is -2.44. The van der Waals surface area contributed by atoms with Crippen LogP contribution in [0, 0.1) is 0 Å². The third kappa shape index (κ3) is 6.06. The molecule has 0 aromatic rings. The Labute approximate surface area is 91.2 Å². The molecule has 0 atom stereocenters. The van der Waals surface area contributed by atoms with Gasteiger partial charge < -0.3 is 15.5 Å². The van der Waals surface area contributed by atoms with Crippen molar-refractivity contribution >= 4 is 11.8 Å². The monoisotopic (exact) mass is 215 g/mol. The van der Waals surface area contributed by atoms with Crippen LogP contribution in [0.3, 0.4) is 0 Å². The summed E-state index contributed by atoms with van der Waals surface area (Å²) in [6.07, 6.45) is 0. The molecule has 2 amide bonds. The molecule has 0 rings (SSSR count). The molecule has 0 aliphatic carbocycles. The van der Waals surface area contributed by atoms with Gasteiger partial charge in [0.2, 0.25) is 11.8 Å². The molecular formula is C10H21N3O2. The van der Waals surface area contributed by atoms with Crippen molar-refractivity contribution in [1.82, 2.24) is 15.5 Å². The van der Waals surface area contributed by atoms with E-state index >= 15 is 0 Å². The molecular weight excluding hydrogens is 194 g/mol. The second-order valence-electron chi connectivity index (χ2n) is 3.14. The number of amides is 2. The summed E-state index contributed by atoms with van der Waals surface area (Å²) >= 11 is 0. The van der Waals surface area contributed by atoms with Crippen LogP contribution in [0.4, 0.5) is 0 Å². The second-order valence-corrected chi connectivity index (χ2v) is 3.14. The normalized spacial score (nSPS) is 9.80. The first-order valence-corrected chi connectivity index (χ1v) is 5.40. The highest BCUT2D eigenvalue weighted by atomic mass is 16.2. The van der Waals surface area contributed by atoms with E-state index in [1.165, 1.54) is 4.90 Å². The Bertz CT molecular complexity index is 207. The standard InChI is InChI=1S/C10H21N3O2/c1-4-11-7-10(15)13(6-3)8-9(14)12-5-2/h11H,4-8H2,1-3H3,(H,12,14). The van der Waals surface area contributed by atoms with E-state index in [0.29, 0.717) is 19.6 Å². The summed E-state index contributed by atoms with van der Waals surface area (Å²) in [5.41, 5.74) is 0. The second kappa shape index (κ2) is 8.23. The number of nitrogens with zero attached hydrogens (tertiary/aromatic N) is 1. The summed E-state index contributed by atoms with van der Waals surface area (Å²) in [6.45, 7) is 8.01. The number of rotatable bonds is 7. The van der Waals surface area contributed by atoms with Crippen molar-refractivity contribution in [3.8, 4) is 0 Å². The Kier molecular flexibility index (Phi) is 7.62. The first-order chi connectivity index (χ1) is 7.15. The molecule has 0 bridgehead atoms. The highest BCUT2D eigenvalue weighted by Crippen LogP contribution is 1.88. The van der Waals surface area contributed by atoms with Crippen LogP contribution in [0.25, 0.3) is 0 Å². The summed E-state index contributed by atoms with van der Waals surface area (Å²) in [7, 11) is 0. The van der Waals surface area contributed by atoms with E-state index in [2.05, 4.69) is 10.6 Å². The van der Waals surface area contributed by atoms with Crippen LogP contribution in [0.1, 0.15) is 20.8 Å². The van der Waals surface area contributed by atoms with E-state index in [0.717, 1.165) is 6.54 Å². The van der Waals surface area contributed by atoms with Crippen LogP contribution >= 0.6 is 0 Å². The molecule has 0 spiro atoms. The SMILES string of the molecule is CCNCC(=O)N(CC)CC(=O)NCC. The van der Waals surface area contributed by atoms with Gasteiger partial charge in [-0.1, -0.05) is 6.92 Å². The zero-order valence-corrected chi connectivity index (χ0v) is 9.80. The summed E-state index contributed by atoms with van der Waals surface area (Å²) in [6, 6.07) is 0. The fourth-order valence-electron chi connectivity index (χ4n) is 1.15. The predicted molar refractivity (Wildman–Crippen MR) is 59.5 cm³/mol. The van der Waals surface area contributed by atoms with Gasteiger partial charge in [0, 0.05) is 13.1 Å². The lowest BCUT2D eigenvalue weighted by molar-refractivity contribution is -0.135. The molecule has 0 radical (unpaired) electrons. The van der Waals surface area contributed by atoms with Crippen molar-refractivity contribution in [3.05, 3.63) is 0 Å². The van der Waals surface area contributed by atoms with Crippen molar-refractivity contribution in [2.45, 2.75) is 20.8 Å². The lowest BCUT2D eigenvalue weighted by Gasteiger charge is -2.20. The van der Waals surface area contributed by atoms with Crippen molar-refractivity contribution in [1.29, 1.82) is 0 Å². The van der Waals surface area contributed by atoms with Gasteiger partial charge in [-0.25, -0.2) is 0 Å². The number of hydrogen-bond acceptors (Lipinski definition) is 3. The summed E-state index contributed by atoms with van der Waals surface area (Å²) < 4.78 is 0. The zero-order valence-electron chi connectivity index (χ0n) is 9.80. The summed E-state index contributed by atoms with van der Waals surface area (Å²) in [4.78, 5) is 24.4. The average Bonchev–Trinajstić information content (AvgIpc) is 2.22. The highest BCUT2D eigenvalue weighted by Gasteiger charge is 2.13. The number of likely N-dealkylation sites (N-methyl/N-ethyl adjacent to an activating group) is 3. The molecule has 0 aromatic carbocycles. The molecule has 2 N–H and O–H groups in total. The van der Waals surface area contributed by atoms with Gasteiger partial charge in [0.1, 0.15) is 0 Å². The van der Waals surface area contributed by atoms with Gasteiger partial charge in [0.05, 0.1) is 13.1 Å². The minimum atomic E-state index is -0.107. The van der Waals surface area contributed by atoms with Crippen LogP contribution in [0.15, 0.2) is 0 Å². The number of carbonyl (C=O) groups excluding carboxylic acids is 2. The average molecular weight is 215 g/mol. The van der Waals surface area contributed by atoms with Crippen molar-refractivity contribution in [2.75, 3.05) is 32.7 Å². The lowest BCUT2D eigenvalue weighted by atomic mass is 10.4. The van der Waals surface area contributed by atoms with E-state index in [1.54, 1.807) is 0 Å². The Morgan fingerprint density at radius 3 is 2.27 bits per heavy atom. The van der Waals surface area contributed by atoms with Crippen LogP contribution in [0.2, 0.25) is 0 Å². The Morgan fingerprint density at radius 2 is 1.80 bits per heavy atom. The van der Waals surface area contributed by atoms with Crippen molar-refractivity contribution < 1.29 is 9.59 Å². The van der Waals surface area contributed by atoms with Crippen LogP contribution in [-0.4, -0.2) is 49.4 Å². The van der Waals surface area contributed by atoms with Crippen LogP contribution in [0.5, 0.6) is 0 Å². The molecule has 0 unspecified atom stereocenters. The molecule has 0 aliphatic heterocycles. The highest BCUT2D eigenvalue weighted by molar-refractivity contribution is 5.85. The topological polar surface area (TPSA) is 61.4 Å². The van der Waals surface area contributed by atoms with Gasteiger partial charge in [0.25, 0.3) is 0 Å². The van der Waals surface area contributed by atoms with E-state index < -0.39 is 0 Å². The molecule has 0 heterocycles. The quantitative estimate of drug-likeness (QED) is 0.606. The fraction of sp³-hybridized carbons (Fsp3) is 0.800. The molecule has 5 heteroatoms. The Morgan fingerprint density at radius 1 is 1.13 bits per heavy atom. The molecule has 15 heavy (non-hydrogen) atoms. The maximum atomic E-state index is 11.6. The molecule has 0 saturated carbocycles. The zero-order chi connectivity index (χ0) is 11.7. The van der Waals surface area contributed by atoms with E-state index in [-0.39, 0.29) is 18.4 Å². The fourth-order valence-corrected chi connectivity index (χ4v) is 1.15. The third-order valence-electron chi connectivity index (χ3n) is 1.97. The molecule has 0 aliphatic rings. The van der Waals surface area contributed by atoms with Gasteiger partial charge in [-0.15, -0.1) is 0 Å². The smallest absolute Gasteiger partial charge is 0.239 e. The number of carbonyl (C=O) groups is 2. The van der Waals surface area contributed by atoms with Gasteiger partial charge in [-0.2, -0.15) is 0 Å². The van der Waals surface area contributed by atoms with Crippen LogP contribution in [-0.2, 0) is 9.59 Å². The molecule has 0 saturated heterocycles. The number of nitrogens with one attached hydrogen (secondary N) is 2. The Balaban J connectivity index is 4.00.